The number of rotatable bonds is 50. The lowest BCUT2D eigenvalue weighted by Crippen LogP contribution is -2.40. The molecule has 0 saturated heterocycles. The van der Waals surface area contributed by atoms with Gasteiger partial charge in [0, 0.05) is 11.3 Å². The van der Waals surface area contributed by atoms with E-state index in [9.17, 15) is 39.5 Å². The predicted molar refractivity (Wildman–Crippen MR) is 587 cm³/mol. The molecular weight excluding hydrogens is 1830 g/mol. The Labute approximate surface area is 870 Å². The van der Waals surface area contributed by atoms with Gasteiger partial charge in [-0.1, -0.05) is 364 Å². The summed E-state index contributed by atoms with van der Waals surface area (Å²) in [6.07, 6.45) is 24.8. The summed E-state index contributed by atoms with van der Waals surface area (Å²) < 4.78 is 160. The monoisotopic (exact) mass is 2030 g/mol. The maximum atomic E-state index is 12.3. The molecule has 144 heavy (non-hydrogen) atoms. The van der Waals surface area contributed by atoms with Crippen LogP contribution in [0.15, 0.2) is 176 Å². The number of ether oxygens (including phenoxy) is 9. The zero-order chi connectivity index (χ0) is 107. The van der Waals surface area contributed by atoms with Gasteiger partial charge in [-0.05, 0) is 282 Å². The van der Waals surface area contributed by atoms with E-state index in [4.69, 9.17) is 37.9 Å². The second-order valence-electron chi connectivity index (χ2n) is 44.6. The van der Waals surface area contributed by atoms with E-state index in [1.54, 1.807) is 6.92 Å². The minimum Gasteiger partial charge on any atom is -0.491 e. The van der Waals surface area contributed by atoms with Crippen LogP contribution in [0.5, 0.6) is 5.75 Å². The predicted octanol–water partition coefficient (Wildman–Crippen LogP) is 38.4. The molecule has 0 heterocycles. The van der Waals surface area contributed by atoms with Crippen LogP contribution in [0, 0.1) is 65.1 Å². The lowest BCUT2D eigenvalue weighted by atomic mass is 9.82. The summed E-state index contributed by atoms with van der Waals surface area (Å²) in [7, 11) is 0. The van der Waals surface area contributed by atoms with Crippen molar-refractivity contribution in [3.63, 3.8) is 0 Å². The Kier molecular flexibility index (Phi) is 65.4. The molecule has 0 N–H and O–H groups in total. The van der Waals surface area contributed by atoms with Gasteiger partial charge in [0.1, 0.15) is 19.0 Å². The molecule has 7 aromatic carbocycles. The van der Waals surface area contributed by atoms with Crippen LogP contribution in [-0.2, 0) is 44.5 Å². The van der Waals surface area contributed by atoms with Crippen molar-refractivity contribution in [2.45, 2.75) is 476 Å². The number of fused-ring (bicyclic) bond motifs is 4. The summed E-state index contributed by atoms with van der Waals surface area (Å²) in [5, 5.41) is 5.04. The van der Waals surface area contributed by atoms with Crippen LogP contribution in [-0.4, -0.2) is 118 Å². The van der Waals surface area contributed by atoms with Crippen LogP contribution in [0.2, 0.25) is 0 Å². The molecule has 0 aromatic heterocycles. The Balaban J connectivity index is 0.000000347. The zero-order valence-corrected chi connectivity index (χ0v) is 94.0. The molecule has 4 fully saturated rings. The number of halogens is 9. The summed E-state index contributed by atoms with van der Waals surface area (Å²) in [4.78, 5) is 0. The molecule has 9 nitrogen and oxygen atoms in total. The Bertz CT molecular complexity index is 4190. The molecule has 0 radical (unpaired) electrons. The van der Waals surface area contributed by atoms with Crippen molar-refractivity contribution in [3.05, 3.63) is 198 Å². The number of hydrogen-bond donors (Lipinski definition) is 0. The highest BCUT2D eigenvalue weighted by Gasteiger charge is 2.57. The van der Waals surface area contributed by atoms with E-state index in [0.29, 0.717) is 105 Å². The quantitative estimate of drug-likeness (QED) is 0.0273. The van der Waals surface area contributed by atoms with Gasteiger partial charge in [-0.15, -0.1) is 0 Å². The Morgan fingerprint density at radius 3 is 1.32 bits per heavy atom. The third-order valence-corrected chi connectivity index (χ3v) is 28.6. The second kappa shape index (κ2) is 72.4. The van der Waals surface area contributed by atoms with Crippen molar-refractivity contribution >= 4 is 21.5 Å². The first kappa shape index (κ1) is 130. The lowest BCUT2D eigenvalue weighted by molar-refractivity contribution is -0.296. The first-order chi connectivity index (χ1) is 68.3. The van der Waals surface area contributed by atoms with E-state index < -0.39 is 43.8 Å². The fourth-order valence-electron chi connectivity index (χ4n) is 21.0. The highest BCUT2D eigenvalue weighted by Crippen LogP contribution is 2.47. The zero-order valence-electron chi connectivity index (χ0n) is 94.0. The van der Waals surface area contributed by atoms with Crippen molar-refractivity contribution < 1.29 is 82.1 Å². The molecule has 0 amide bonds. The fourth-order valence-corrected chi connectivity index (χ4v) is 21.0. The summed E-state index contributed by atoms with van der Waals surface area (Å²) in [6, 6.07) is 62.1. The van der Waals surface area contributed by atoms with Gasteiger partial charge in [-0.3, -0.25) is 0 Å². The molecular formula is C126H199F9O9. The van der Waals surface area contributed by atoms with E-state index in [-0.39, 0.29) is 12.0 Å². The highest BCUT2D eigenvalue weighted by molar-refractivity contribution is 5.88. The van der Waals surface area contributed by atoms with Crippen LogP contribution in [0.1, 0.15) is 400 Å². The topological polar surface area (TPSA) is 83.1 Å². The standard InChI is InChI=1S/C22H28O.C21H30O2.C21H28O.C17H28O.C13H24O.C12H20F6O.C12H26O.C8H15F3O/c1-18(23-21-15-9-4-10-16-21)17-22(19-11-5-2-6-12-19)20-13-7-3-8-14-20;1-4-5-9-17(2)16-18(3)22-14-15-23-21-13-8-11-19-10-6-7-12-20(19)21;1-16(14-17(2)22-21-10-4-3-5-11-21)19-13-12-18-8-6-7-9-20(18)15-19;1-13(2)17(14(3)4)11-15(5)18-12-16-9-7-6-8-10-16;1-9(2)6-10(3)14-13-8-11-4-5-12(13)7-11;1-4-9(5-2)6-8(3)19-7-10(11(13,14)15)12(16,17)18;1-6-7-8-11(4)9-12(5)13-10(2)3;1-6(2)4-7(3)12-5-8(9,10)11/h2-3,5-8,11-14,18,21-22H,4,9-10,15-17H2,1H3;6-8,10-13,17-18H,4-5,9,14-16H2,1-3H3;6-9,12-13,15-17,21H,3-5,10-11,14H2,1-2H3;6-10,13-15,17H,11-12H2,1-5H3;9-13H,4-8H2,1-3H3;8-10H,4-7H2,1-3H3;10-12H,6-9H2,1-5H3;6-7H,4-5H2,1-3H3. The van der Waals surface area contributed by atoms with E-state index >= 15 is 0 Å². The Morgan fingerprint density at radius 1 is 0.368 bits per heavy atom. The molecule has 14 atom stereocenters. The van der Waals surface area contributed by atoms with E-state index in [1.165, 1.54) is 187 Å². The first-order valence-corrected chi connectivity index (χ1v) is 56.3. The molecule has 18 heteroatoms. The summed E-state index contributed by atoms with van der Waals surface area (Å²) in [5.74, 6) is 5.56. The van der Waals surface area contributed by atoms with Gasteiger partial charge in [0.15, 0.2) is 5.92 Å². The average molecular weight is 2030 g/mol. The SMILES string of the molecule is CC(C)CC(C)OC1CC2CCC1C2.CC(C)CC(C)OCC(F)(F)F.CC(CC(C(C)C)C(C)C)OCc1ccccc1.CC(CC(C)c1ccc2ccccc2c1)OC1CCCCC1.CC(CC(c1ccccc1)c1ccccc1)OC1CCCCC1.CCC(CC)CC(C)OCC(C(F)(F)F)C(F)(F)F.CCCCC(C)CC(C)OC(C)C.CCCCC(C)CC(C)OCCOc1cccc2ccccc12. The van der Waals surface area contributed by atoms with E-state index in [1.807, 2.05) is 52.0 Å². The van der Waals surface area contributed by atoms with Gasteiger partial charge in [0.05, 0.1) is 93.1 Å². The molecule has 0 aliphatic heterocycles. The largest absolute Gasteiger partial charge is 0.491 e. The minimum atomic E-state index is -5.33. The van der Waals surface area contributed by atoms with Crippen molar-refractivity contribution in [2.24, 2.45) is 65.1 Å². The molecule has 4 saturated carbocycles. The van der Waals surface area contributed by atoms with Crippen molar-refractivity contribution in [3.8, 4) is 5.75 Å². The minimum absolute atomic E-state index is 0.255. The van der Waals surface area contributed by atoms with Crippen LogP contribution >= 0.6 is 0 Å². The van der Waals surface area contributed by atoms with Gasteiger partial charge in [0.2, 0.25) is 0 Å². The highest BCUT2D eigenvalue weighted by atomic mass is 19.4. The summed E-state index contributed by atoms with van der Waals surface area (Å²) >= 11 is 0. The van der Waals surface area contributed by atoms with Crippen molar-refractivity contribution in [1.29, 1.82) is 0 Å². The number of unbranched alkanes of at least 4 members (excludes halogenated alkanes) is 2. The molecule has 0 spiro atoms. The van der Waals surface area contributed by atoms with Gasteiger partial charge in [-0.25, -0.2) is 0 Å². The third-order valence-electron chi connectivity index (χ3n) is 28.6. The Morgan fingerprint density at radius 2 is 0.833 bits per heavy atom. The number of alkyl halides is 9. The number of benzene rings is 7. The van der Waals surface area contributed by atoms with Gasteiger partial charge < -0.3 is 42.6 Å². The first-order valence-electron chi connectivity index (χ1n) is 56.3. The van der Waals surface area contributed by atoms with Gasteiger partial charge in [0.25, 0.3) is 0 Å². The summed E-state index contributed by atoms with van der Waals surface area (Å²) in [6.45, 7) is 53.1. The average Bonchev–Trinajstić information content (AvgIpc) is 1.66. The van der Waals surface area contributed by atoms with Crippen LogP contribution in [0.3, 0.4) is 0 Å². The normalized spacial score (nSPS) is 18.1. The molecule has 14 unspecified atom stereocenters. The molecule has 2 bridgehead atoms. The smallest absolute Gasteiger partial charge is 0.411 e. The number of hydrogen-bond acceptors (Lipinski definition) is 9. The van der Waals surface area contributed by atoms with Crippen molar-refractivity contribution in [2.75, 3.05) is 26.4 Å². The molecule has 11 rings (SSSR count). The van der Waals surface area contributed by atoms with E-state index in [0.717, 1.165) is 104 Å². The maximum Gasteiger partial charge on any atom is 0.411 e. The molecule has 7 aromatic rings. The van der Waals surface area contributed by atoms with Crippen LogP contribution in [0.25, 0.3) is 21.5 Å². The van der Waals surface area contributed by atoms with Gasteiger partial charge >= 0.3 is 18.5 Å². The summed E-state index contributed by atoms with van der Waals surface area (Å²) in [5.41, 5.74) is 5.46. The lowest BCUT2D eigenvalue weighted by Gasteiger charge is -2.28. The second-order valence-corrected chi connectivity index (χ2v) is 44.6. The Hall–Kier alpha value is -6.09. The van der Waals surface area contributed by atoms with E-state index in [2.05, 4.69) is 288 Å². The van der Waals surface area contributed by atoms with Crippen LogP contribution in [0.4, 0.5) is 39.5 Å². The molecule has 4 aliphatic carbocycles. The van der Waals surface area contributed by atoms with Crippen LogP contribution < -0.4 is 4.74 Å². The fraction of sp³-hybridized carbons (Fsp3) is 0.698. The third kappa shape index (κ3) is 57.8. The van der Waals surface area contributed by atoms with Crippen molar-refractivity contribution in [1.82, 2.24) is 0 Å². The molecule has 4 aliphatic rings. The molecule has 820 valence electrons. The van der Waals surface area contributed by atoms with Gasteiger partial charge in [-0.2, -0.15) is 39.5 Å². The maximum absolute atomic E-state index is 12.3.